The summed E-state index contributed by atoms with van der Waals surface area (Å²) in [6.07, 6.45) is 11.5. The predicted molar refractivity (Wildman–Crippen MR) is 96.5 cm³/mol. The lowest BCUT2D eigenvalue weighted by Gasteiger charge is -2.57. The third-order valence-electron chi connectivity index (χ3n) is 9.38. The zero-order chi connectivity index (χ0) is 17.3. The fourth-order valence-electron chi connectivity index (χ4n) is 7.34. The molecule has 0 radical (unpaired) electrons. The number of rotatable bonds is 1. The Morgan fingerprint density at radius 3 is 2.58 bits per heavy atom. The van der Waals surface area contributed by atoms with Crippen LogP contribution in [-0.4, -0.2) is 17.0 Å². The molecule has 4 aliphatic carbocycles. The second-order valence-electron chi connectivity index (χ2n) is 10.0. The molecule has 0 aromatic rings. The van der Waals surface area contributed by atoms with Gasteiger partial charge in [0.1, 0.15) is 5.78 Å². The van der Waals surface area contributed by atoms with Gasteiger partial charge in [0, 0.05) is 5.41 Å². The zero-order valence-electron chi connectivity index (χ0n) is 15.9. The van der Waals surface area contributed by atoms with Crippen molar-refractivity contribution in [2.75, 3.05) is 0 Å². The molecule has 1 N–H and O–H groups in total. The monoisotopic (exact) mass is 330 g/mol. The van der Waals surface area contributed by atoms with Crippen LogP contribution >= 0.6 is 0 Å². The summed E-state index contributed by atoms with van der Waals surface area (Å²) in [5, 5.41) is 10.1. The summed E-state index contributed by atoms with van der Waals surface area (Å²) in [5.41, 5.74) is 2.02. The minimum absolute atomic E-state index is 0.0819. The normalized spacial score (nSPS) is 53.6. The highest BCUT2D eigenvalue weighted by atomic mass is 16.3. The Morgan fingerprint density at radius 2 is 1.88 bits per heavy atom. The van der Waals surface area contributed by atoms with Gasteiger partial charge >= 0.3 is 0 Å². The molecule has 0 heterocycles. The van der Waals surface area contributed by atoms with Crippen LogP contribution in [0.3, 0.4) is 0 Å². The Morgan fingerprint density at radius 1 is 1.12 bits per heavy atom. The Balaban J connectivity index is 1.72. The van der Waals surface area contributed by atoms with Gasteiger partial charge < -0.3 is 5.11 Å². The van der Waals surface area contributed by atoms with E-state index in [9.17, 15) is 9.90 Å². The summed E-state index contributed by atoms with van der Waals surface area (Å²) in [7, 11) is 0. The Bertz CT molecular complexity index is 593. The minimum Gasteiger partial charge on any atom is -0.393 e. The van der Waals surface area contributed by atoms with Gasteiger partial charge in [0.05, 0.1) is 6.10 Å². The van der Waals surface area contributed by atoms with E-state index in [1.807, 2.05) is 6.92 Å². The maximum Gasteiger partial charge on any atom is 0.136 e. The fourth-order valence-corrected chi connectivity index (χ4v) is 7.34. The summed E-state index contributed by atoms with van der Waals surface area (Å²) in [4.78, 5) is 12.5. The lowest BCUT2D eigenvalue weighted by atomic mass is 9.47. The number of aliphatic hydroxyl groups excluding tert-OH is 1. The molecule has 2 heteroatoms. The van der Waals surface area contributed by atoms with Crippen molar-refractivity contribution in [3.05, 3.63) is 11.6 Å². The van der Waals surface area contributed by atoms with Crippen LogP contribution in [0, 0.1) is 34.0 Å². The average Bonchev–Trinajstić information content (AvgIpc) is 2.81. The first-order chi connectivity index (χ1) is 11.2. The van der Waals surface area contributed by atoms with Crippen molar-refractivity contribution < 1.29 is 9.90 Å². The van der Waals surface area contributed by atoms with E-state index in [0.717, 1.165) is 32.1 Å². The van der Waals surface area contributed by atoms with Crippen LogP contribution in [0.15, 0.2) is 11.6 Å². The second kappa shape index (κ2) is 5.19. The molecule has 0 unspecified atom stereocenters. The molecule has 0 bridgehead atoms. The summed E-state index contributed by atoms with van der Waals surface area (Å²) in [6, 6.07) is 0. The molecule has 4 aliphatic rings. The topological polar surface area (TPSA) is 37.3 Å². The number of carbonyl (C=O) groups excluding carboxylic acids is 1. The van der Waals surface area contributed by atoms with Gasteiger partial charge in [-0.05, 0) is 86.9 Å². The maximum absolute atomic E-state index is 12.5. The number of fused-ring (bicyclic) bond motifs is 5. The molecule has 0 amide bonds. The van der Waals surface area contributed by atoms with Gasteiger partial charge in [0.25, 0.3) is 0 Å². The SMILES string of the molecule is CC(=O)[C@@]1(C)CC[C@H]2[C@@H]3CC[C@H]4C[C@@H](O)CC[C@]4(C)C3=CC[C@@]21C. The molecule has 7 atom stereocenters. The van der Waals surface area contributed by atoms with Crippen molar-refractivity contribution >= 4 is 5.78 Å². The fraction of sp³-hybridized carbons (Fsp3) is 0.864. The van der Waals surface area contributed by atoms with Crippen LogP contribution in [0.2, 0.25) is 0 Å². The molecule has 2 nitrogen and oxygen atoms in total. The molecular weight excluding hydrogens is 296 g/mol. The standard InChI is InChI=1S/C22H34O2/c1-14(23)21(3)11-9-19-17-6-5-15-13-16(24)7-10-20(15,2)18(17)8-12-22(19,21)4/h8,15-17,19,24H,5-7,9-13H2,1-4H3/t15-,16-,17+,19-,20-,21+,22-/m0/s1. The zero-order valence-corrected chi connectivity index (χ0v) is 15.9. The van der Waals surface area contributed by atoms with E-state index in [4.69, 9.17) is 0 Å². The van der Waals surface area contributed by atoms with Crippen molar-refractivity contribution in [1.29, 1.82) is 0 Å². The molecule has 24 heavy (non-hydrogen) atoms. The van der Waals surface area contributed by atoms with Crippen molar-refractivity contribution in [2.24, 2.45) is 34.0 Å². The van der Waals surface area contributed by atoms with Gasteiger partial charge in [-0.1, -0.05) is 32.4 Å². The van der Waals surface area contributed by atoms with E-state index >= 15 is 0 Å². The molecule has 3 fully saturated rings. The van der Waals surface area contributed by atoms with Crippen LogP contribution in [0.4, 0.5) is 0 Å². The van der Waals surface area contributed by atoms with Crippen molar-refractivity contribution in [3.8, 4) is 0 Å². The maximum atomic E-state index is 12.5. The van der Waals surface area contributed by atoms with Crippen LogP contribution in [-0.2, 0) is 4.79 Å². The highest BCUT2D eigenvalue weighted by Crippen LogP contribution is 2.68. The summed E-state index contributed by atoms with van der Waals surface area (Å²) in [5.74, 6) is 2.41. The van der Waals surface area contributed by atoms with Gasteiger partial charge in [0.15, 0.2) is 0 Å². The molecule has 0 aromatic carbocycles. The quantitative estimate of drug-likeness (QED) is 0.694. The molecule has 134 valence electrons. The number of hydrogen-bond donors (Lipinski definition) is 1. The molecule has 0 spiro atoms. The van der Waals surface area contributed by atoms with Crippen LogP contribution in [0.5, 0.6) is 0 Å². The molecular formula is C22H34O2. The van der Waals surface area contributed by atoms with Crippen molar-refractivity contribution in [2.45, 2.75) is 85.2 Å². The van der Waals surface area contributed by atoms with Gasteiger partial charge in [-0.25, -0.2) is 0 Å². The largest absolute Gasteiger partial charge is 0.393 e. The third-order valence-corrected chi connectivity index (χ3v) is 9.38. The van der Waals surface area contributed by atoms with Crippen molar-refractivity contribution in [1.82, 2.24) is 0 Å². The van der Waals surface area contributed by atoms with Crippen LogP contribution < -0.4 is 0 Å². The minimum atomic E-state index is -0.139. The first kappa shape index (κ1) is 16.8. The second-order valence-corrected chi connectivity index (χ2v) is 10.0. The number of aliphatic hydroxyl groups is 1. The number of carbonyl (C=O) groups is 1. The van der Waals surface area contributed by atoms with E-state index in [0.29, 0.717) is 29.0 Å². The van der Waals surface area contributed by atoms with E-state index in [1.54, 1.807) is 5.57 Å². The molecule has 3 saturated carbocycles. The lowest BCUT2D eigenvalue weighted by molar-refractivity contribution is -0.133. The Hall–Kier alpha value is -0.630. The van der Waals surface area contributed by atoms with Gasteiger partial charge in [-0.3, -0.25) is 4.79 Å². The van der Waals surface area contributed by atoms with Gasteiger partial charge in [-0.2, -0.15) is 0 Å². The van der Waals surface area contributed by atoms with Crippen LogP contribution in [0.25, 0.3) is 0 Å². The lowest BCUT2D eigenvalue weighted by Crippen LogP contribution is -2.51. The van der Waals surface area contributed by atoms with Gasteiger partial charge in [-0.15, -0.1) is 0 Å². The molecule has 0 aromatic heterocycles. The van der Waals surface area contributed by atoms with Gasteiger partial charge in [0.2, 0.25) is 0 Å². The first-order valence-corrected chi connectivity index (χ1v) is 10.1. The average molecular weight is 331 g/mol. The Kier molecular flexibility index (Phi) is 3.64. The first-order valence-electron chi connectivity index (χ1n) is 10.1. The third kappa shape index (κ3) is 1.95. The highest BCUT2D eigenvalue weighted by Gasteiger charge is 2.62. The number of ketones is 1. The Labute approximate surface area is 147 Å². The smallest absolute Gasteiger partial charge is 0.136 e. The molecule has 0 saturated heterocycles. The van der Waals surface area contributed by atoms with E-state index in [1.165, 1.54) is 19.3 Å². The number of Topliss-reactive ketones (excluding diaryl/α,β-unsaturated/α-hetero) is 1. The van der Waals surface area contributed by atoms with E-state index < -0.39 is 0 Å². The number of allylic oxidation sites excluding steroid dienone is 2. The van der Waals surface area contributed by atoms with Crippen molar-refractivity contribution in [3.63, 3.8) is 0 Å². The number of hydrogen-bond acceptors (Lipinski definition) is 2. The predicted octanol–water partition coefficient (Wildman–Crippen LogP) is 4.91. The van der Waals surface area contributed by atoms with E-state index in [2.05, 4.69) is 26.8 Å². The molecule has 0 aliphatic heterocycles. The summed E-state index contributed by atoms with van der Waals surface area (Å²) in [6.45, 7) is 8.92. The highest BCUT2D eigenvalue weighted by molar-refractivity contribution is 5.83. The van der Waals surface area contributed by atoms with E-state index in [-0.39, 0.29) is 16.9 Å². The summed E-state index contributed by atoms with van der Waals surface area (Å²) < 4.78 is 0. The summed E-state index contributed by atoms with van der Waals surface area (Å²) >= 11 is 0. The van der Waals surface area contributed by atoms with Crippen LogP contribution in [0.1, 0.15) is 79.1 Å². The molecule has 4 rings (SSSR count).